The van der Waals surface area contributed by atoms with Crippen LogP contribution in [0.4, 0.5) is 14.8 Å². The van der Waals surface area contributed by atoms with Crippen LogP contribution in [0.3, 0.4) is 0 Å². The summed E-state index contributed by atoms with van der Waals surface area (Å²) >= 11 is 0. The molecule has 6 nitrogen and oxygen atoms in total. The molecule has 8 heteroatoms. The Morgan fingerprint density at radius 1 is 1.09 bits per heavy atom. The minimum atomic E-state index is -0.605. The Labute approximate surface area is 199 Å². The van der Waals surface area contributed by atoms with Crippen LogP contribution in [-0.2, 0) is 19.5 Å². The van der Waals surface area contributed by atoms with Crippen molar-refractivity contribution in [2.45, 2.75) is 52.3 Å². The Kier molecular flexibility index (Phi) is 7.77. The van der Waals surface area contributed by atoms with Crippen LogP contribution >= 0.6 is 0 Å². The lowest BCUT2D eigenvalue weighted by atomic mass is 9.94. The molecule has 0 saturated carbocycles. The number of rotatable bonds is 9. The van der Waals surface area contributed by atoms with Crippen LogP contribution in [0.2, 0.25) is 0 Å². The monoisotopic (exact) mass is 470 g/mol. The number of nitrogens with zero attached hydrogens (tertiary/aromatic N) is 4. The van der Waals surface area contributed by atoms with E-state index >= 15 is 0 Å². The summed E-state index contributed by atoms with van der Waals surface area (Å²) in [5, 5.41) is 4.20. The molecule has 0 unspecified atom stereocenters. The van der Waals surface area contributed by atoms with Crippen LogP contribution in [0.15, 0.2) is 47.0 Å². The van der Waals surface area contributed by atoms with E-state index in [-0.39, 0.29) is 12.6 Å². The van der Waals surface area contributed by atoms with Gasteiger partial charge in [-0.1, -0.05) is 23.4 Å². The number of piperidine rings is 1. The van der Waals surface area contributed by atoms with Gasteiger partial charge in [0.1, 0.15) is 17.4 Å². The number of aromatic nitrogens is 2. The smallest absolute Gasteiger partial charge is 0.324 e. The van der Waals surface area contributed by atoms with E-state index in [1.807, 2.05) is 43.0 Å². The van der Waals surface area contributed by atoms with Crippen LogP contribution in [0, 0.1) is 17.6 Å². The Morgan fingerprint density at radius 3 is 2.50 bits per heavy atom. The van der Waals surface area contributed by atoms with Crippen molar-refractivity contribution in [2.24, 2.45) is 5.92 Å². The van der Waals surface area contributed by atoms with E-state index in [1.165, 1.54) is 12.1 Å². The van der Waals surface area contributed by atoms with Gasteiger partial charge < -0.3 is 19.1 Å². The molecule has 2 heterocycles. The largest absolute Gasteiger partial charge is 0.491 e. The van der Waals surface area contributed by atoms with Crippen molar-refractivity contribution >= 4 is 6.01 Å². The average Bonchev–Trinajstić information content (AvgIpc) is 3.26. The SMILES string of the molecule is CC(C)Oc1ccc(CN(Cc2ccc(F)cc2F)c2nc(CC3CCN(C)CC3)no2)cc1. The predicted octanol–water partition coefficient (Wildman–Crippen LogP) is 5.23. The molecule has 2 aromatic carbocycles. The van der Waals surface area contributed by atoms with Crippen LogP contribution in [0.5, 0.6) is 5.75 Å². The second-order valence-electron chi connectivity index (χ2n) is 9.35. The van der Waals surface area contributed by atoms with E-state index in [2.05, 4.69) is 22.1 Å². The second kappa shape index (κ2) is 11.0. The third-order valence-corrected chi connectivity index (χ3v) is 6.08. The van der Waals surface area contributed by atoms with Crippen molar-refractivity contribution in [3.8, 4) is 5.75 Å². The highest BCUT2D eigenvalue weighted by Gasteiger charge is 2.22. The van der Waals surface area contributed by atoms with Crippen LogP contribution in [-0.4, -0.2) is 41.3 Å². The van der Waals surface area contributed by atoms with Gasteiger partial charge in [0.05, 0.1) is 12.6 Å². The van der Waals surface area contributed by atoms with Crippen LogP contribution < -0.4 is 9.64 Å². The molecule has 1 aromatic heterocycles. The minimum absolute atomic E-state index is 0.0881. The number of benzene rings is 2. The van der Waals surface area contributed by atoms with Gasteiger partial charge in [-0.05, 0) is 76.5 Å². The standard InChI is InChI=1S/C26H32F2N4O2/c1-18(2)33-23-8-4-20(5-9-23)16-32(17-21-6-7-22(27)15-24(21)28)26-29-25(30-34-26)14-19-10-12-31(3)13-11-19/h4-9,15,18-19H,10-14,16-17H2,1-3H3. The summed E-state index contributed by atoms with van der Waals surface area (Å²) in [6.07, 6.45) is 3.06. The summed E-state index contributed by atoms with van der Waals surface area (Å²) in [5.41, 5.74) is 1.34. The van der Waals surface area contributed by atoms with Gasteiger partial charge in [0, 0.05) is 24.6 Å². The Morgan fingerprint density at radius 2 is 1.82 bits per heavy atom. The zero-order chi connectivity index (χ0) is 24.1. The molecule has 1 aliphatic heterocycles. The number of anilines is 1. The van der Waals surface area contributed by atoms with E-state index in [9.17, 15) is 8.78 Å². The fourth-order valence-corrected chi connectivity index (χ4v) is 4.19. The highest BCUT2D eigenvalue weighted by atomic mass is 19.1. The topological polar surface area (TPSA) is 54.6 Å². The number of halogens is 2. The minimum Gasteiger partial charge on any atom is -0.491 e. The van der Waals surface area contributed by atoms with E-state index in [1.54, 1.807) is 0 Å². The number of ether oxygens (including phenoxy) is 1. The number of hydrogen-bond donors (Lipinski definition) is 0. The summed E-state index contributed by atoms with van der Waals surface area (Å²) in [6, 6.07) is 11.7. The molecule has 182 valence electrons. The maximum atomic E-state index is 14.4. The molecular formula is C26H32F2N4O2. The van der Waals surface area contributed by atoms with E-state index in [4.69, 9.17) is 9.26 Å². The van der Waals surface area contributed by atoms with Crippen molar-refractivity contribution in [2.75, 3.05) is 25.0 Å². The molecule has 0 amide bonds. The van der Waals surface area contributed by atoms with E-state index in [0.29, 0.717) is 29.9 Å². The molecule has 0 aliphatic carbocycles. The van der Waals surface area contributed by atoms with Gasteiger partial charge in [0.2, 0.25) is 0 Å². The fourth-order valence-electron chi connectivity index (χ4n) is 4.19. The lowest BCUT2D eigenvalue weighted by Gasteiger charge is -2.28. The molecule has 4 rings (SSSR count). The van der Waals surface area contributed by atoms with Crippen molar-refractivity contribution in [3.63, 3.8) is 0 Å². The third kappa shape index (κ3) is 6.53. The van der Waals surface area contributed by atoms with Gasteiger partial charge in [0.15, 0.2) is 5.82 Å². The van der Waals surface area contributed by atoms with Gasteiger partial charge >= 0.3 is 6.01 Å². The first kappa shape index (κ1) is 24.1. The summed E-state index contributed by atoms with van der Waals surface area (Å²) in [4.78, 5) is 8.78. The third-order valence-electron chi connectivity index (χ3n) is 6.08. The second-order valence-corrected chi connectivity index (χ2v) is 9.35. The zero-order valence-electron chi connectivity index (χ0n) is 20.0. The van der Waals surface area contributed by atoms with Crippen molar-refractivity contribution < 1.29 is 18.0 Å². The fraction of sp³-hybridized carbons (Fsp3) is 0.462. The van der Waals surface area contributed by atoms with Crippen LogP contribution in [0.25, 0.3) is 0 Å². The molecule has 0 atom stereocenters. The molecule has 1 fully saturated rings. The predicted molar refractivity (Wildman–Crippen MR) is 127 cm³/mol. The van der Waals surface area contributed by atoms with E-state index < -0.39 is 11.6 Å². The van der Waals surface area contributed by atoms with Crippen LogP contribution in [0.1, 0.15) is 43.6 Å². The summed E-state index contributed by atoms with van der Waals surface area (Å²) < 4.78 is 39.2. The molecular weight excluding hydrogens is 438 g/mol. The molecule has 34 heavy (non-hydrogen) atoms. The first-order valence-corrected chi connectivity index (χ1v) is 11.8. The molecule has 0 radical (unpaired) electrons. The highest BCUT2D eigenvalue weighted by Crippen LogP contribution is 2.24. The van der Waals surface area contributed by atoms with Gasteiger partial charge in [-0.2, -0.15) is 4.98 Å². The quantitative estimate of drug-likeness (QED) is 0.427. The van der Waals surface area contributed by atoms with Crippen molar-refractivity contribution in [3.05, 3.63) is 71.1 Å². The van der Waals surface area contributed by atoms with Gasteiger partial charge in [-0.25, -0.2) is 8.78 Å². The van der Waals surface area contributed by atoms with Gasteiger partial charge in [-0.15, -0.1) is 0 Å². The molecule has 3 aromatic rings. The maximum absolute atomic E-state index is 14.4. The first-order valence-electron chi connectivity index (χ1n) is 11.8. The highest BCUT2D eigenvalue weighted by molar-refractivity contribution is 5.35. The average molecular weight is 471 g/mol. The first-order chi connectivity index (χ1) is 16.4. The molecule has 0 bridgehead atoms. The lowest BCUT2D eigenvalue weighted by Crippen LogP contribution is -2.31. The number of hydrogen-bond acceptors (Lipinski definition) is 6. The maximum Gasteiger partial charge on any atom is 0.324 e. The Hall–Kier alpha value is -3.00. The van der Waals surface area contributed by atoms with Crippen molar-refractivity contribution in [1.82, 2.24) is 15.0 Å². The normalized spacial score (nSPS) is 15.1. The van der Waals surface area contributed by atoms with Gasteiger partial charge in [0.25, 0.3) is 0 Å². The Balaban J connectivity index is 1.52. The molecule has 1 aliphatic rings. The van der Waals surface area contributed by atoms with Crippen molar-refractivity contribution in [1.29, 1.82) is 0 Å². The Bertz CT molecular complexity index is 1060. The molecule has 0 N–H and O–H groups in total. The number of likely N-dealkylation sites (tertiary alicyclic amines) is 1. The summed E-state index contributed by atoms with van der Waals surface area (Å²) in [7, 11) is 2.14. The molecule has 0 spiro atoms. The summed E-state index contributed by atoms with van der Waals surface area (Å²) in [5.74, 6) is 0.768. The van der Waals surface area contributed by atoms with E-state index in [0.717, 1.165) is 49.7 Å². The zero-order valence-corrected chi connectivity index (χ0v) is 20.0. The van der Waals surface area contributed by atoms with Gasteiger partial charge in [-0.3, -0.25) is 0 Å². The summed E-state index contributed by atoms with van der Waals surface area (Å²) in [6.45, 7) is 6.70. The lowest BCUT2D eigenvalue weighted by molar-refractivity contribution is 0.216. The molecule has 1 saturated heterocycles.